The molecule has 4 heteroatoms. The van der Waals surface area contributed by atoms with Crippen LogP contribution in [0.3, 0.4) is 0 Å². The molecule has 0 unspecified atom stereocenters. The second-order valence-electron chi connectivity index (χ2n) is 5.32. The maximum atomic E-state index is 12.4. The van der Waals surface area contributed by atoms with Crippen molar-refractivity contribution in [2.75, 3.05) is 13.1 Å². The third-order valence-corrected chi connectivity index (χ3v) is 3.94. The van der Waals surface area contributed by atoms with Gasteiger partial charge in [0, 0.05) is 30.6 Å². The van der Waals surface area contributed by atoms with E-state index in [-0.39, 0.29) is 17.9 Å². The first-order valence-electron chi connectivity index (χ1n) is 6.80. The molecule has 1 aromatic carbocycles. The molecule has 1 saturated heterocycles. The third kappa shape index (κ3) is 2.23. The summed E-state index contributed by atoms with van der Waals surface area (Å²) in [6.45, 7) is 3.09. The highest BCUT2D eigenvalue weighted by Gasteiger charge is 2.35. The van der Waals surface area contributed by atoms with E-state index in [0.717, 1.165) is 5.56 Å². The van der Waals surface area contributed by atoms with Crippen LogP contribution in [0.15, 0.2) is 47.1 Å². The molecule has 0 saturated carbocycles. The number of hydrogen-bond acceptors (Lipinski definition) is 3. The predicted molar refractivity (Wildman–Crippen MR) is 76.5 cm³/mol. The van der Waals surface area contributed by atoms with Crippen LogP contribution in [-0.4, -0.2) is 29.9 Å². The number of carbonyl (C=O) groups excluding carboxylic acids is 1. The summed E-state index contributed by atoms with van der Waals surface area (Å²) in [7, 11) is 0. The average Bonchev–Trinajstić information content (AvgIpc) is 3.05. The van der Waals surface area contributed by atoms with Crippen LogP contribution in [-0.2, 0) is 0 Å². The lowest BCUT2D eigenvalue weighted by atomic mass is 9.95. The standard InChI is InChI=1S/C16H18N2O2/c1-11-7-8-20-15(11)16(19)18-9-13(14(17)10-18)12-5-3-2-4-6-12/h2-8,13-14H,9-10,17H2,1H3/t13-,14+/m0/s1. The molecule has 2 N–H and O–H groups in total. The molecule has 4 nitrogen and oxygen atoms in total. The van der Waals surface area contributed by atoms with Crippen molar-refractivity contribution in [3.63, 3.8) is 0 Å². The number of rotatable bonds is 2. The van der Waals surface area contributed by atoms with Crippen molar-refractivity contribution in [3.05, 3.63) is 59.5 Å². The number of benzene rings is 1. The summed E-state index contributed by atoms with van der Waals surface area (Å²) in [6, 6.07) is 11.9. The van der Waals surface area contributed by atoms with Gasteiger partial charge in [-0.1, -0.05) is 30.3 Å². The van der Waals surface area contributed by atoms with Crippen LogP contribution in [0.5, 0.6) is 0 Å². The normalized spacial score (nSPS) is 22.2. The van der Waals surface area contributed by atoms with Crippen molar-refractivity contribution in [2.45, 2.75) is 18.9 Å². The van der Waals surface area contributed by atoms with Crippen molar-refractivity contribution in [2.24, 2.45) is 5.73 Å². The summed E-state index contributed by atoms with van der Waals surface area (Å²) < 4.78 is 5.28. The van der Waals surface area contributed by atoms with E-state index in [1.165, 1.54) is 5.56 Å². The molecule has 1 aliphatic heterocycles. The molecule has 0 bridgehead atoms. The van der Waals surface area contributed by atoms with E-state index >= 15 is 0 Å². The second kappa shape index (κ2) is 5.13. The molecule has 20 heavy (non-hydrogen) atoms. The molecule has 1 aliphatic rings. The van der Waals surface area contributed by atoms with Gasteiger partial charge in [-0.15, -0.1) is 0 Å². The van der Waals surface area contributed by atoms with Gasteiger partial charge < -0.3 is 15.1 Å². The highest BCUT2D eigenvalue weighted by molar-refractivity contribution is 5.93. The highest BCUT2D eigenvalue weighted by atomic mass is 16.3. The van der Waals surface area contributed by atoms with Crippen molar-refractivity contribution in [3.8, 4) is 0 Å². The summed E-state index contributed by atoms with van der Waals surface area (Å²) >= 11 is 0. The molecule has 3 rings (SSSR count). The SMILES string of the molecule is Cc1ccoc1C(=O)N1C[C@@H](N)[C@H](c2ccccc2)C1. The monoisotopic (exact) mass is 270 g/mol. The minimum atomic E-state index is -0.0682. The minimum Gasteiger partial charge on any atom is -0.459 e. The molecule has 1 amide bonds. The summed E-state index contributed by atoms with van der Waals surface area (Å²) in [6.07, 6.45) is 1.55. The smallest absolute Gasteiger partial charge is 0.289 e. The maximum Gasteiger partial charge on any atom is 0.289 e. The molecule has 2 atom stereocenters. The minimum absolute atomic E-state index is 0.0309. The quantitative estimate of drug-likeness (QED) is 0.909. The molecule has 1 fully saturated rings. The first-order chi connectivity index (χ1) is 9.66. The lowest BCUT2D eigenvalue weighted by molar-refractivity contribution is 0.0756. The highest BCUT2D eigenvalue weighted by Crippen LogP contribution is 2.27. The Balaban J connectivity index is 1.79. The van der Waals surface area contributed by atoms with Gasteiger partial charge in [0.15, 0.2) is 5.76 Å². The number of hydrogen-bond donors (Lipinski definition) is 1. The van der Waals surface area contributed by atoms with Crippen molar-refractivity contribution >= 4 is 5.91 Å². The molecule has 2 aromatic rings. The van der Waals surface area contributed by atoms with Crippen molar-refractivity contribution in [1.82, 2.24) is 4.90 Å². The molecule has 2 heterocycles. The zero-order valence-corrected chi connectivity index (χ0v) is 11.5. The number of aryl methyl sites for hydroxylation is 1. The summed E-state index contributed by atoms with van der Waals surface area (Å²) in [5.74, 6) is 0.544. The third-order valence-electron chi connectivity index (χ3n) is 3.94. The molecule has 0 aliphatic carbocycles. The van der Waals surface area contributed by atoms with Gasteiger partial charge in [0.05, 0.1) is 6.26 Å². The second-order valence-corrected chi connectivity index (χ2v) is 5.32. The lowest BCUT2D eigenvalue weighted by Gasteiger charge is -2.15. The molecule has 0 spiro atoms. The maximum absolute atomic E-state index is 12.4. The molecule has 104 valence electrons. The predicted octanol–water partition coefficient (Wildman–Crippen LogP) is 2.15. The first-order valence-corrected chi connectivity index (χ1v) is 6.80. The van der Waals surface area contributed by atoms with Gasteiger partial charge in [0.2, 0.25) is 0 Å². The first kappa shape index (κ1) is 12.9. The van der Waals surface area contributed by atoms with E-state index in [2.05, 4.69) is 12.1 Å². The van der Waals surface area contributed by atoms with Crippen LogP contribution in [0.2, 0.25) is 0 Å². The van der Waals surface area contributed by atoms with Crippen molar-refractivity contribution < 1.29 is 9.21 Å². The van der Waals surface area contributed by atoms with Crippen LogP contribution in [0, 0.1) is 6.92 Å². The van der Waals surface area contributed by atoms with E-state index in [1.54, 1.807) is 17.2 Å². The van der Waals surface area contributed by atoms with Crippen LogP contribution in [0.25, 0.3) is 0 Å². The number of amides is 1. The van der Waals surface area contributed by atoms with Gasteiger partial charge >= 0.3 is 0 Å². The molecule has 1 aromatic heterocycles. The van der Waals surface area contributed by atoms with Crippen LogP contribution in [0.4, 0.5) is 0 Å². The van der Waals surface area contributed by atoms with Gasteiger partial charge in [0.25, 0.3) is 5.91 Å². The Labute approximate surface area is 118 Å². The Bertz CT molecular complexity index is 606. The van der Waals surface area contributed by atoms with Gasteiger partial charge in [-0.25, -0.2) is 0 Å². The van der Waals surface area contributed by atoms with Gasteiger partial charge in [-0.05, 0) is 18.6 Å². The van der Waals surface area contributed by atoms with Crippen LogP contribution >= 0.6 is 0 Å². The summed E-state index contributed by atoms with van der Waals surface area (Å²) in [5, 5.41) is 0. The number of carbonyl (C=O) groups is 1. The van der Waals surface area contributed by atoms with Crippen molar-refractivity contribution in [1.29, 1.82) is 0 Å². The zero-order chi connectivity index (χ0) is 14.1. The summed E-state index contributed by atoms with van der Waals surface area (Å²) in [5.41, 5.74) is 8.26. The Morgan fingerprint density at radius 2 is 2.00 bits per heavy atom. The Morgan fingerprint density at radius 1 is 1.25 bits per heavy atom. The van der Waals surface area contributed by atoms with Gasteiger partial charge in [-0.3, -0.25) is 4.79 Å². The van der Waals surface area contributed by atoms with E-state index in [9.17, 15) is 4.79 Å². The fourth-order valence-corrected chi connectivity index (χ4v) is 2.78. The van der Waals surface area contributed by atoms with E-state index < -0.39 is 0 Å². The fourth-order valence-electron chi connectivity index (χ4n) is 2.78. The van der Waals surface area contributed by atoms with E-state index in [1.807, 2.05) is 25.1 Å². The van der Waals surface area contributed by atoms with Gasteiger partial charge in [-0.2, -0.15) is 0 Å². The zero-order valence-electron chi connectivity index (χ0n) is 11.5. The van der Waals surface area contributed by atoms with Gasteiger partial charge in [0.1, 0.15) is 0 Å². The summed E-state index contributed by atoms with van der Waals surface area (Å²) in [4.78, 5) is 14.2. The lowest BCUT2D eigenvalue weighted by Crippen LogP contribution is -2.32. The molecular weight excluding hydrogens is 252 g/mol. The Hall–Kier alpha value is -2.07. The van der Waals surface area contributed by atoms with Crippen LogP contribution < -0.4 is 5.73 Å². The van der Waals surface area contributed by atoms with Crippen LogP contribution in [0.1, 0.15) is 27.6 Å². The number of likely N-dealkylation sites (tertiary alicyclic amines) is 1. The topological polar surface area (TPSA) is 59.5 Å². The number of nitrogens with two attached hydrogens (primary N) is 1. The number of furan rings is 1. The molecular formula is C16H18N2O2. The molecule has 0 radical (unpaired) electrons. The largest absolute Gasteiger partial charge is 0.459 e. The average molecular weight is 270 g/mol. The van der Waals surface area contributed by atoms with E-state index in [4.69, 9.17) is 10.2 Å². The Morgan fingerprint density at radius 3 is 2.65 bits per heavy atom. The Kier molecular flexibility index (Phi) is 3.32. The van der Waals surface area contributed by atoms with E-state index in [0.29, 0.717) is 18.8 Å². The fraction of sp³-hybridized carbons (Fsp3) is 0.312. The number of nitrogens with zero attached hydrogens (tertiary/aromatic N) is 1.